The standard InChI is InChI=1S/C27H32N4O3/c28-27-29-21(16-25(32)31-27)6-2-1-4-17-7-8-18-9-11-23(22(18)14-17)30-26(33)20-10-12-24-19(15-20)5-3-13-34-24/h7-8,10,12,14-15,21,23H,1-6,9,11,13,16H2,(H,30,33)(H3,28,29,31,32). The number of fused-ring (bicyclic) bond motifs is 2. The third-order valence-corrected chi connectivity index (χ3v) is 7.03. The molecule has 2 aromatic carbocycles. The van der Waals surface area contributed by atoms with Crippen molar-refractivity contribution < 1.29 is 14.3 Å². The van der Waals surface area contributed by atoms with Gasteiger partial charge in [0.05, 0.1) is 18.7 Å². The van der Waals surface area contributed by atoms with Gasteiger partial charge in [0, 0.05) is 12.0 Å². The Bertz CT molecular complexity index is 1130. The minimum atomic E-state index is -0.0482. The number of nitrogens with zero attached hydrogens (tertiary/aromatic N) is 1. The third kappa shape index (κ3) is 5.08. The van der Waals surface area contributed by atoms with Gasteiger partial charge in [0.1, 0.15) is 5.75 Å². The highest BCUT2D eigenvalue weighted by molar-refractivity contribution is 5.98. The van der Waals surface area contributed by atoms with E-state index in [0.29, 0.717) is 12.0 Å². The lowest BCUT2D eigenvalue weighted by Crippen LogP contribution is -2.43. The third-order valence-electron chi connectivity index (χ3n) is 7.03. The fourth-order valence-electron chi connectivity index (χ4n) is 5.26. The van der Waals surface area contributed by atoms with Crippen LogP contribution in [0.3, 0.4) is 0 Å². The molecule has 0 spiro atoms. The zero-order chi connectivity index (χ0) is 23.5. The van der Waals surface area contributed by atoms with E-state index in [1.807, 2.05) is 18.2 Å². The second kappa shape index (κ2) is 9.87. The van der Waals surface area contributed by atoms with E-state index in [4.69, 9.17) is 10.5 Å². The first-order valence-corrected chi connectivity index (χ1v) is 12.4. The number of unbranched alkanes of at least 4 members (excludes halogenated alkanes) is 1. The van der Waals surface area contributed by atoms with Crippen molar-refractivity contribution in [2.45, 2.75) is 69.9 Å². The van der Waals surface area contributed by atoms with Crippen molar-refractivity contribution in [2.24, 2.45) is 10.7 Å². The summed E-state index contributed by atoms with van der Waals surface area (Å²) in [5.74, 6) is 1.07. The normalized spacial score (nSPS) is 21.1. The van der Waals surface area contributed by atoms with E-state index in [2.05, 4.69) is 33.8 Å². The molecule has 2 unspecified atom stereocenters. The molecule has 5 rings (SSSR count). The molecular formula is C27H32N4O3. The van der Waals surface area contributed by atoms with Crippen LogP contribution in [0.1, 0.15) is 77.2 Å². The summed E-state index contributed by atoms with van der Waals surface area (Å²) in [6.45, 7) is 0.750. The second-order valence-corrected chi connectivity index (χ2v) is 9.54. The van der Waals surface area contributed by atoms with Crippen LogP contribution in [-0.4, -0.2) is 30.4 Å². The maximum absolute atomic E-state index is 13.0. The number of guanidine groups is 1. The summed E-state index contributed by atoms with van der Waals surface area (Å²) >= 11 is 0. The fraction of sp³-hybridized carbons (Fsp3) is 0.444. The molecule has 0 saturated carbocycles. The summed E-state index contributed by atoms with van der Waals surface area (Å²) in [6.07, 6.45) is 8.14. The number of rotatable bonds is 7. The zero-order valence-corrected chi connectivity index (χ0v) is 19.4. The SMILES string of the molecule is NC1=NC(CCCCc2ccc3c(c2)C(NC(=O)c2ccc4c(c2)CCCO4)CC3)CC(=O)N1. The monoisotopic (exact) mass is 460 g/mol. The lowest BCUT2D eigenvalue weighted by atomic mass is 9.98. The van der Waals surface area contributed by atoms with Crippen LogP contribution in [0.5, 0.6) is 5.75 Å². The first-order chi connectivity index (χ1) is 16.5. The summed E-state index contributed by atoms with van der Waals surface area (Å²) < 4.78 is 5.67. The number of nitrogens with two attached hydrogens (primary N) is 1. The molecule has 0 aromatic heterocycles. The number of hydrogen-bond donors (Lipinski definition) is 3. The molecule has 7 nitrogen and oxygen atoms in total. The summed E-state index contributed by atoms with van der Waals surface area (Å²) in [6, 6.07) is 12.5. The van der Waals surface area contributed by atoms with Crippen LogP contribution in [-0.2, 0) is 24.1 Å². The summed E-state index contributed by atoms with van der Waals surface area (Å²) in [7, 11) is 0. The summed E-state index contributed by atoms with van der Waals surface area (Å²) in [4.78, 5) is 28.9. The Morgan fingerprint density at radius 2 is 2.06 bits per heavy atom. The van der Waals surface area contributed by atoms with Gasteiger partial charge in [0.15, 0.2) is 5.96 Å². The number of hydrogen-bond acceptors (Lipinski definition) is 5. The van der Waals surface area contributed by atoms with Gasteiger partial charge < -0.3 is 15.8 Å². The minimum Gasteiger partial charge on any atom is -0.493 e. The van der Waals surface area contributed by atoms with Crippen LogP contribution in [0, 0.1) is 0 Å². The van der Waals surface area contributed by atoms with E-state index < -0.39 is 0 Å². The molecule has 2 aromatic rings. The van der Waals surface area contributed by atoms with Crippen LogP contribution in [0.4, 0.5) is 0 Å². The number of benzene rings is 2. The quantitative estimate of drug-likeness (QED) is 0.551. The average Bonchev–Trinajstić information content (AvgIpc) is 3.23. The molecule has 1 aliphatic carbocycles. The Kier molecular flexibility index (Phi) is 6.52. The van der Waals surface area contributed by atoms with E-state index in [1.165, 1.54) is 16.7 Å². The topological polar surface area (TPSA) is 106 Å². The lowest BCUT2D eigenvalue weighted by molar-refractivity contribution is -0.120. The van der Waals surface area contributed by atoms with Crippen LogP contribution >= 0.6 is 0 Å². The highest BCUT2D eigenvalue weighted by Crippen LogP contribution is 2.33. The fourth-order valence-corrected chi connectivity index (χ4v) is 5.26. The van der Waals surface area contributed by atoms with Gasteiger partial charge in [-0.15, -0.1) is 0 Å². The van der Waals surface area contributed by atoms with Gasteiger partial charge in [0.25, 0.3) is 5.91 Å². The average molecular weight is 461 g/mol. The highest BCUT2D eigenvalue weighted by atomic mass is 16.5. The predicted octanol–water partition coefficient (Wildman–Crippen LogP) is 3.34. The Labute approximate surface area is 200 Å². The number of carbonyl (C=O) groups is 2. The van der Waals surface area contributed by atoms with E-state index in [9.17, 15) is 9.59 Å². The van der Waals surface area contributed by atoms with E-state index in [-0.39, 0.29) is 29.9 Å². The molecule has 4 N–H and O–H groups in total. The predicted molar refractivity (Wildman–Crippen MR) is 131 cm³/mol. The molecule has 3 aliphatic rings. The summed E-state index contributed by atoms with van der Waals surface area (Å²) in [5, 5.41) is 5.80. The van der Waals surface area contributed by atoms with Gasteiger partial charge in [-0.3, -0.25) is 14.9 Å². The molecule has 34 heavy (non-hydrogen) atoms. The van der Waals surface area contributed by atoms with Gasteiger partial charge in [-0.2, -0.15) is 0 Å². The molecule has 178 valence electrons. The van der Waals surface area contributed by atoms with Gasteiger partial charge >= 0.3 is 0 Å². The first-order valence-electron chi connectivity index (χ1n) is 12.4. The van der Waals surface area contributed by atoms with Crippen LogP contribution in [0.15, 0.2) is 41.4 Å². The van der Waals surface area contributed by atoms with E-state index >= 15 is 0 Å². The number of aryl methyl sites for hydroxylation is 3. The van der Waals surface area contributed by atoms with Crippen LogP contribution < -0.4 is 21.1 Å². The molecule has 0 radical (unpaired) electrons. The molecule has 2 amide bonds. The molecule has 2 aliphatic heterocycles. The minimum absolute atomic E-state index is 0.0106. The van der Waals surface area contributed by atoms with E-state index in [1.54, 1.807) is 0 Å². The van der Waals surface area contributed by atoms with Gasteiger partial charge in [-0.1, -0.05) is 24.6 Å². The Hall–Kier alpha value is -3.35. The smallest absolute Gasteiger partial charge is 0.251 e. The van der Waals surface area contributed by atoms with Gasteiger partial charge in [-0.25, -0.2) is 4.99 Å². The Balaban J connectivity index is 1.17. The Morgan fingerprint density at radius 3 is 2.94 bits per heavy atom. The van der Waals surface area contributed by atoms with Crippen LogP contribution in [0.25, 0.3) is 0 Å². The van der Waals surface area contributed by atoms with Crippen molar-refractivity contribution in [1.29, 1.82) is 0 Å². The first kappa shape index (κ1) is 22.4. The van der Waals surface area contributed by atoms with E-state index in [0.717, 1.165) is 69.3 Å². The van der Waals surface area contributed by atoms with Crippen molar-refractivity contribution in [1.82, 2.24) is 10.6 Å². The van der Waals surface area contributed by atoms with Crippen molar-refractivity contribution in [2.75, 3.05) is 6.61 Å². The largest absolute Gasteiger partial charge is 0.493 e. The number of amides is 2. The molecular weight excluding hydrogens is 428 g/mol. The van der Waals surface area contributed by atoms with Gasteiger partial charge in [0.2, 0.25) is 5.91 Å². The molecule has 2 atom stereocenters. The lowest BCUT2D eigenvalue weighted by Gasteiger charge is -2.19. The molecule has 0 fully saturated rings. The van der Waals surface area contributed by atoms with Crippen molar-refractivity contribution in [3.8, 4) is 5.75 Å². The van der Waals surface area contributed by atoms with Crippen molar-refractivity contribution in [3.05, 3.63) is 64.2 Å². The molecule has 0 bridgehead atoms. The molecule has 2 heterocycles. The molecule has 0 saturated heterocycles. The Morgan fingerprint density at radius 1 is 1.15 bits per heavy atom. The maximum Gasteiger partial charge on any atom is 0.251 e. The molecule has 7 heteroatoms. The second-order valence-electron chi connectivity index (χ2n) is 9.54. The van der Waals surface area contributed by atoms with Crippen molar-refractivity contribution >= 4 is 17.8 Å². The number of carbonyl (C=O) groups excluding carboxylic acids is 2. The number of aliphatic imine (C=N–C) groups is 1. The van der Waals surface area contributed by atoms with Crippen molar-refractivity contribution in [3.63, 3.8) is 0 Å². The maximum atomic E-state index is 13.0. The number of nitrogens with one attached hydrogen (secondary N) is 2. The van der Waals surface area contributed by atoms with Gasteiger partial charge in [-0.05, 0) is 85.4 Å². The highest BCUT2D eigenvalue weighted by Gasteiger charge is 2.25. The number of ether oxygens (including phenoxy) is 1. The summed E-state index contributed by atoms with van der Waals surface area (Å²) in [5.41, 5.74) is 11.3. The van der Waals surface area contributed by atoms with Crippen LogP contribution in [0.2, 0.25) is 0 Å². The zero-order valence-electron chi connectivity index (χ0n) is 19.4.